The Bertz CT molecular complexity index is 692. The zero-order chi connectivity index (χ0) is 16.6. The minimum atomic E-state index is -4.44. The van der Waals surface area contributed by atoms with Crippen molar-refractivity contribution >= 4 is 15.9 Å². The highest BCUT2D eigenvalue weighted by Gasteiger charge is 2.41. The molecular formula is C16H17BrF3N3. The van der Waals surface area contributed by atoms with Gasteiger partial charge in [-0.25, -0.2) is 0 Å². The molecule has 0 saturated heterocycles. The third kappa shape index (κ3) is 3.30. The molecule has 3 rings (SSSR count). The number of alkyl halides is 3. The molecule has 3 nitrogen and oxygen atoms in total. The van der Waals surface area contributed by atoms with Crippen LogP contribution in [0.3, 0.4) is 0 Å². The Hall–Kier alpha value is -1.34. The Balaban J connectivity index is 2.04. The Morgan fingerprint density at radius 2 is 1.96 bits per heavy atom. The molecule has 1 aliphatic rings. The van der Waals surface area contributed by atoms with Crippen LogP contribution in [0.15, 0.2) is 28.7 Å². The highest BCUT2D eigenvalue weighted by atomic mass is 79.9. The number of nitrogens with two attached hydrogens (primary N) is 1. The molecule has 1 aliphatic carbocycles. The zero-order valence-electron chi connectivity index (χ0n) is 12.4. The molecule has 1 atom stereocenters. The van der Waals surface area contributed by atoms with Gasteiger partial charge in [0.25, 0.3) is 0 Å². The van der Waals surface area contributed by atoms with Crippen molar-refractivity contribution in [3.05, 3.63) is 51.3 Å². The van der Waals surface area contributed by atoms with Crippen molar-refractivity contribution < 1.29 is 13.2 Å². The summed E-state index contributed by atoms with van der Waals surface area (Å²) >= 11 is 3.35. The Morgan fingerprint density at radius 1 is 1.26 bits per heavy atom. The number of aromatic nitrogens is 2. The second-order valence-electron chi connectivity index (χ2n) is 5.82. The average Bonchev–Trinajstić information content (AvgIpc) is 2.88. The third-order valence-electron chi connectivity index (χ3n) is 4.27. The summed E-state index contributed by atoms with van der Waals surface area (Å²) in [5.74, 6) is -0.256. The maximum Gasteiger partial charge on any atom is 0.435 e. The molecule has 2 aromatic rings. The summed E-state index contributed by atoms with van der Waals surface area (Å²) in [5, 5.41) is 3.90. The van der Waals surface area contributed by atoms with Gasteiger partial charge in [-0.15, -0.1) is 0 Å². The van der Waals surface area contributed by atoms with E-state index in [1.54, 1.807) is 0 Å². The number of halogens is 4. The first-order valence-electron chi connectivity index (χ1n) is 7.51. The van der Waals surface area contributed by atoms with Crippen molar-refractivity contribution in [2.45, 2.75) is 37.9 Å². The molecule has 0 spiro atoms. The van der Waals surface area contributed by atoms with Crippen LogP contribution in [0.4, 0.5) is 13.2 Å². The molecule has 0 aliphatic heterocycles. The van der Waals surface area contributed by atoms with Crippen LogP contribution in [-0.4, -0.2) is 16.3 Å². The van der Waals surface area contributed by atoms with E-state index in [-0.39, 0.29) is 12.5 Å². The predicted octanol–water partition coefficient (Wildman–Crippen LogP) is 4.09. The fourth-order valence-corrected chi connectivity index (χ4v) is 3.47. The van der Waals surface area contributed by atoms with Crippen LogP contribution in [0, 0.1) is 0 Å². The van der Waals surface area contributed by atoms with Gasteiger partial charge in [-0.2, -0.15) is 18.3 Å². The van der Waals surface area contributed by atoms with Gasteiger partial charge in [-0.05, 0) is 43.5 Å². The second kappa shape index (κ2) is 6.28. The van der Waals surface area contributed by atoms with Gasteiger partial charge in [-0.3, -0.25) is 4.68 Å². The molecule has 0 bridgehead atoms. The maximum atomic E-state index is 13.4. The van der Waals surface area contributed by atoms with Gasteiger partial charge in [0, 0.05) is 21.6 Å². The number of nitrogens with zero attached hydrogens (tertiary/aromatic N) is 2. The van der Waals surface area contributed by atoms with E-state index in [2.05, 4.69) is 21.0 Å². The molecule has 7 heteroatoms. The summed E-state index contributed by atoms with van der Waals surface area (Å²) in [6.07, 6.45) is -2.29. The highest BCUT2D eigenvalue weighted by Crippen LogP contribution is 2.40. The molecule has 23 heavy (non-hydrogen) atoms. The molecule has 0 radical (unpaired) electrons. The van der Waals surface area contributed by atoms with E-state index in [0.29, 0.717) is 30.6 Å². The fraction of sp³-hybridized carbons (Fsp3) is 0.438. The first-order valence-corrected chi connectivity index (χ1v) is 8.30. The van der Waals surface area contributed by atoms with Crippen LogP contribution in [0.25, 0.3) is 0 Å². The predicted molar refractivity (Wildman–Crippen MR) is 85.2 cm³/mol. The zero-order valence-corrected chi connectivity index (χ0v) is 14.0. The van der Waals surface area contributed by atoms with Crippen molar-refractivity contribution in [3.63, 3.8) is 0 Å². The summed E-state index contributed by atoms with van der Waals surface area (Å²) in [7, 11) is 0. The highest BCUT2D eigenvalue weighted by molar-refractivity contribution is 9.10. The second-order valence-corrected chi connectivity index (χ2v) is 6.73. The molecule has 0 saturated carbocycles. The summed E-state index contributed by atoms with van der Waals surface area (Å²) in [4.78, 5) is 0. The van der Waals surface area contributed by atoms with Crippen LogP contribution in [0.5, 0.6) is 0 Å². The smallest absolute Gasteiger partial charge is 0.330 e. The van der Waals surface area contributed by atoms with Gasteiger partial charge >= 0.3 is 6.18 Å². The summed E-state index contributed by atoms with van der Waals surface area (Å²) in [6.45, 7) is 0.559. The molecule has 1 aromatic carbocycles. The van der Waals surface area contributed by atoms with Crippen molar-refractivity contribution in [3.8, 4) is 0 Å². The first-order chi connectivity index (χ1) is 10.9. The lowest BCUT2D eigenvalue weighted by Gasteiger charge is -2.23. The number of hydrogen-bond acceptors (Lipinski definition) is 2. The Kier molecular flexibility index (Phi) is 4.51. The van der Waals surface area contributed by atoms with Crippen molar-refractivity contribution in [1.29, 1.82) is 0 Å². The maximum absolute atomic E-state index is 13.4. The Labute approximate surface area is 140 Å². The molecule has 2 N–H and O–H groups in total. The molecular weight excluding hydrogens is 371 g/mol. The Morgan fingerprint density at radius 3 is 2.57 bits per heavy atom. The SMILES string of the molecule is NCC1CCCc2c1c(C(F)(F)F)nn2Cc1ccc(Br)cc1. The first kappa shape index (κ1) is 16.5. The quantitative estimate of drug-likeness (QED) is 0.861. The molecule has 1 heterocycles. The number of rotatable bonds is 3. The third-order valence-corrected chi connectivity index (χ3v) is 4.80. The van der Waals surface area contributed by atoms with Gasteiger partial charge in [0.2, 0.25) is 0 Å². The monoisotopic (exact) mass is 387 g/mol. The van der Waals surface area contributed by atoms with Crippen LogP contribution in [0.1, 0.15) is 41.3 Å². The average molecular weight is 388 g/mol. The summed E-state index contributed by atoms with van der Waals surface area (Å²) in [5.41, 5.74) is 6.84. The number of fused-ring (bicyclic) bond motifs is 1. The number of hydrogen-bond donors (Lipinski definition) is 1. The normalized spacial score (nSPS) is 18.0. The van der Waals surface area contributed by atoms with Gasteiger partial charge < -0.3 is 5.73 Å². The van der Waals surface area contributed by atoms with E-state index in [4.69, 9.17) is 5.73 Å². The largest absolute Gasteiger partial charge is 0.435 e. The van der Waals surface area contributed by atoms with Gasteiger partial charge in [0.05, 0.1) is 6.54 Å². The van der Waals surface area contributed by atoms with E-state index in [0.717, 1.165) is 16.5 Å². The van der Waals surface area contributed by atoms with E-state index < -0.39 is 11.9 Å². The molecule has 1 aromatic heterocycles. The van der Waals surface area contributed by atoms with Crippen molar-refractivity contribution in [1.82, 2.24) is 9.78 Å². The van der Waals surface area contributed by atoms with E-state index in [1.165, 1.54) is 4.68 Å². The van der Waals surface area contributed by atoms with E-state index in [9.17, 15) is 13.2 Å². The van der Waals surface area contributed by atoms with Crippen LogP contribution < -0.4 is 5.73 Å². The molecule has 0 fully saturated rings. The van der Waals surface area contributed by atoms with Gasteiger partial charge in [0.15, 0.2) is 5.69 Å². The van der Waals surface area contributed by atoms with Crippen molar-refractivity contribution in [2.24, 2.45) is 5.73 Å². The van der Waals surface area contributed by atoms with Crippen LogP contribution in [-0.2, 0) is 19.1 Å². The summed E-state index contributed by atoms with van der Waals surface area (Å²) in [6, 6.07) is 7.51. The minimum Gasteiger partial charge on any atom is -0.330 e. The lowest BCUT2D eigenvalue weighted by Crippen LogP contribution is -2.21. The lowest BCUT2D eigenvalue weighted by molar-refractivity contribution is -0.142. The topological polar surface area (TPSA) is 43.8 Å². The molecule has 0 amide bonds. The van der Waals surface area contributed by atoms with Crippen LogP contribution >= 0.6 is 15.9 Å². The van der Waals surface area contributed by atoms with E-state index in [1.807, 2.05) is 24.3 Å². The standard InChI is InChI=1S/C16H17BrF3N3/c17-12-6-4-10(5-7-12)9-23-13-3-1-2-11(8-21)14(13)15(22-23)16(18,19)20/h4-7,11H,1-3,8-9,21H2. The van der Waals surface area contributed by atoms with Crippen molar-refractivity contribution in [2.75, 3.05) is 6.54 Å². The summed E-state index contributed by atoms with van der Waals surface area (Å²) < 4.78 is 42.5. The number of benzene rings is 1. The minimum absolute atomic E-state index is 0.222. The van der Waals surface area contributed by atoms with Gasteiger partial charge in [-0.1, -0.05) is 28.1 Å². The fourth-order valence-electron chi connectivity index (χ4n) is 3.20. The molecule has 124 valence electrons. The molecule has 1 unspecified atom stereocenters. The lowest BCUT2D eigenvalue weighted by atomic mass is 9.85. The van der Waals surface area contributed by atoms with E-state index >= 15 is 0 Å². The van der Waals surface area contributed by atoms with Gasteiger partial charge in [0.1, 0.15) is 0 Å². The van der Waals surface area contributed by atoms with Crippen LogP contribution in [0.2, 0.25) is 0 Å².